The molecule has 0 bridgehead atoms. The molecule has 1 aromatic carbocycles. The second-order valence-electron chi connectivity index (χ2n) is 3.82. The van der Waals surface area contributed by atoms with E-state index in [2.05, 4.69) is 15.3 Å². The largest absolute Gasteiger partial charge is 0.478 e. The predicted octanol–water partition coefficient (Wildman–Crippen LogP) is 1.70. The van der Waals surface area contributed by atoms with Gasteiger partial charge in [-0.05, 0) is 12.1 Å². The lowest BCUT2D eigenvalue weighted by molar-refractivity contribution is -0.384. The quantitative estimate of drug-likeness (QED) is 0.629. The number of aromatic nitrogens is 2. The number of anilines is 1. The minimum Gasteiger partial charge on any atom is -0.478 e. The number of para-hydroxylation sites is 1. The maximum atomic E-state index is 11.1. The molecule has 102 valence electrons. The summed E-state index contributed by atoms with van der Waals surface area (Å²) in [4.78, 5) is 29.1. The molecule has 0 unspecified atom stereocenters. The Bertz CT molecular complexity index is 613. The molecule has 2 aromatic rings. The monoisotopic (exact) mass is 274 g/mol. The molecule has 1 heterocycles. The van der Waals surface area contributed by atoms with Gasteiger partial charge in [0.25, 0.3) is 5.69 Å². The van der Waals surface area contributed by atoms with Gasteiger partial charge in [-0.2, -0.15) is 0 Å². The van der Waals surface area contributed by atoms with E-state index in [4.69, 9.17) is 5.11 Å². The summed E-state index contributed by atoms with van der Waals surface area (Å²) in [7, 11) is 0. The number of nitro groups is 1. The fraction of sp³-hybridized carbons (Fsp3) is 0.0833. The van der Waals surface area contributed by atoms with Crippen molar-refractivity contribution >= 4 is 17.3 Å². The van der Waals surface area contributed by atoms with Crippen LogP contribution in [0.2, 0.25) is 0 Å². The Morgan fingerprint density at radius 1 is 1.40 bits per heavy atom. The molecule has 0 spiro atoms. The number of benzene rings is 1. The second kappa shape index (κ2) is 5.74. The first-order valence-corrected chi connectivity index (χ1v) is 5.59. The Balaban J connectivity index is 2.33. The normalized spacial score (nSPS) is 10.0. The van der Waals surface area contributed by atoms with Crippen molar-refractivity contribution in [1.29, 1.82) is 0 Å². The van der Waals surface area contributed by atoms with Gasteiger partial charge in [0.2, 0.25) is 0 Å². The van der Waals surface area contributed by atoms with E-state index in [1.165, 1.54) is 30.7 Å². The van der Waals surface area contributed by atoms with Gasteiger partial charge in [0.15, 0.2) is 0 Å². The molecule has 0 fully saturated rings. The van der Waals surface area contributed by atoms with E-state index in [9.17, 15) is 14.9 Å². The average Bonchev–Trinajstić information content (AvgIpc) is 2.45. The van der Waals surface area contributed by atoms with Crippen molar-refractivity contribution in [1.82, 2.24) is 9.97 Å². The minimum atomic E-state index is -1.24. The first-order chi connectivity index (χ1) is 9.59. The highest BCUT2D eigenvalue weighted by atomic mass is 16.6. The number of carboxylic acid groups (broad SMARTS) is 1. The van der Waals surface area contributed by atoms with Gasteiger partial charge in [-0.1, -0.05) is 6.07 Å². The Morgan fingerprint density at radius 2 is 2.20 bits per heavy atom. The molecule has 1 aromatic heterocycles. The molecule has 0 amide bonds. The topological polar surface area (TPSA) is 118 Å². The van der Waals surface area contributed by atoms with Gasteiger partial charge in [-0.3, -0.25) is 10.1 Å². The maximum absolute atomic E-state index is 11.1. The molecule has 8 heteroatoms. The molecular weight excluding hydrogens is 264 g/mol. The molecule has 2 N–H and O–H groups in total. The van der Waals surface area contributed by atoms with Crippen LogP contribution in [-0.4, -0.2) is 26.0 Å². The van der Waals surface area contributed by atoms with Gasteiger partial charge in [0.05, 0.1) is 22.7 Å². The van der Waals surface area contributed by atoms with E-state index in [0.717, 1.165) is 0 Å². The van der Waals surface area contributed by atoms with Crippen LogP contribution in [0.4, 0.5) is 11.4 Å². The molecule has 0 radical (unpaired) electrons. The zero-order valence-electron chi connectivity index (χ0n) is 10.2. The van der Waals surface area contributed by atoms with Crippen LogP contribution in [0.1, 0.15) is 16.1 Å². The summed E-state index contributed by atoms with van der Waals surface area (Å²) in [5.74, 6) is -1.24. The van der Waals surface area contributed by atoms with Gasteiger partial charge in [0.1, 0.15) is 12.0 Å². The number of hydrogen-bond acceptors (Lipinski definition) is 6. The highest BCUT2D eigenvalue weighted by molar-refractivity contribution is 5.96. The number of nitro benzene ring substituents is 1. The summed E-state index contributed by atoms with van der Waals surface area (Å²) >= 11 is 0. The van der Waals surface area contributed by atoms with Crippen LogP contribution in [0.5, 0.6) is 0 Å². The third-order valence-corrected chi connectivity index (χ3v) is 2.56. The smallest absolute Gasteiger partial charge is 0.338 e. The van der Waals surface area contributed by atoms with E-state index in [1.54, 1.807) is 6.07 Å². The lowest BCUT2D eigenvalue weighted by Crippen LogP contribution is -2.09. The van der Waals surface area contributed by atoms with Crippen molar-refractivity contribution in [2.45, 2.75) is 6.54 Å². The van der Waals surface area contributed by atoms with Gasteiger partial charge in [-0.15, -0.1) is 0 Å². The van der Waals surface area contributed by atoms with Crippen molar-refractivity contribution in [2.24, 2.45) is 0 Å². The Kier molecular flexibility index (Phi) is 3.85. The maximum Gasteiger partial charge on any atom is 0.338 e. The Hall–Kier alpha value is -3.03. The Morgan fingerprint density at radius 3 is 2.80 bits per heavy atom. The van der Waals surface area contributed by atoms with Crippen molar-refractivity contribution < 1.29 is 14.8 Å². The number of rotatable bonds is 5. The van der Waals surface area contributed by atoms with Crippen molar-refractivity contribution in [2.75, 3.05) is 5.32 Å². The third-order valence-electron chi connectivity index (χ3n) is 2.56. The van der Waals surface area contributed by atoms with Gasteiger partial charge in [0, 0.05) is 12.3 Å². The van der Waals surface area contributed by atoms with Crippen LogP contribution in [0, 0.1) is 10.1 Å². The van der Waals surface area contributed by atoms with E-state index >= 15 is 0 Å². The number of nitrogens with zero attached hydrogens (tertiary/aromatic N) is 3. The molecule has 0 aliphatic heterocycles. The standard InChI is InChI=1S/C12H10N4O4/c17-12(18)9-2-1-3-10(16(19)20)11(9)14-6-8-4-5-13-7-15-8/h1-5,7,14H,6H2,(H,17,18). The molecule has 8 nitrogen and oxygen atoms in total. The van der Waals surface area contributed by atoms with Crippen LogP contribution < -0.4 is 5.32 Å². The highest BCUT2D eigenvalue weighted by Gasteiger charge is 2.20. The fourth-order valence-electron chi connectivity index (χ4n) is 1.66. The molecule has 0 aliphatic rings. The molecule has 0 aliphatic carbocycles. The van der Waals surface area contributed by atoms with Gasteiger partial charge in [-0.25, -0.2) is 14.8 Å². The molecule has 0 saturated heterocycles. The molecule has 0 atom stereocenters. The first kappa shape index (κ1) is 13.4. The fourth-order valence-corrected chi connectivity index (χ4v) is 1.66. The summed E-state index contributed by atoms with van der Waals surface area (Å²) in [6.45, 7) is 0.160. The zero-order valence-corrected chi connectivity index (χ0v) is 10.2. The molecular formula is C12H10N4O4. The summed E-state index contributed by atoms with van der Waals surface area (Å²) in [5.41, 5.74) is 0.102. The lowest BCUT2D eigenvalue weighted by Gasteiger charge is -2.09. The van der Waals surface area contributed by atoms with Gasteiger partial charge < -0.3 is 10.4 Å². The van der Waals surface area contributed by atoms with Crippen LogP contribution >= 0.6 is 0 Å². The molecule has 20 heavy (non-hydrogen) atoms. The van der Waals surface area contributed by atoms with Crippen molar-refractivity contribution in [3.63, 3.8) is 0 Å². The van der Waals surface area contributed by atoms with E-state index in [-0.39, 0.29) is 23.5 Å². The summed E-state index contributed by atoms with van der Waals surface area (Å²) < 4.78 is 0. The Labute approximate surface area is 113 Å². The molecule has 0 saturated carbocycles. The number of aromatic carboxylic acids is 1. The van der Waals surface area contributed by atoms with Crippen LogP contribution in [0.25, 0.3) is 0 Å². The first-order valence-electron chi connectivity index (χ1n) is 5.59. The van der Waals surface area contributed by atoms with Crippen LogP contribution in [-0.2, 0) is 6.54 Å². The highest BCUT2D eigenvalue weighted by Crippen LogP contribution is 2.28. The number of hydrogen-bond donors (Lipinski definition) is 2. The average molecular weight is 274 g/mol. The predicted molar refractivity (Wildman–Crippen MR) is 69.4 cm³/mol. The lowest BCUT2D eigenvalue weighted by atomic mass is 10.1. The third kappa shape index (κ3) is 2.86. The zero-order chi connectivity index (χ0) is 14.5. The van der Waals surface area contributed by atoms with E-state index < -0.39 is 10.9 Å². The minimum absolute atomic E-state index is 0.0383. The van der Waals surface area contributed by atoms with E-state index in [1.807, 2.05) is 0 Å². The summed E-state index contributed by atoms with van der Waals surface area (Å²) in [6, 6.07) is 5.51. The SMILES string of the molecule is O=C(O)c1cccc([N+](=O)[O-])c1NCc1ccncn1. The van der Waals surface area contributed by atoms with Gasteiger partial charge >= 0.3 is 5.97 Å². The number of carbonyl (C=O) groups is 1. The number of nitrogens with one attached hydrogen (secondary N) is 1. The summed E-state index contributed by atoms with van der Waals surface area (Å²) in [5, 5.41) is 22.8. The van der Waals surface area contributed by atoms with Crippen LogP contribution in [0.3, 0.4) is 0 Å². The molecule has 2 rings (SSSR count). The van der Waals surface area contributed by atoms with Crippen molar-refractivity contribution in [3.8, 4) is 0 Å². The second-order valence-corrected chi connectivity index (χ2v) is 3.82. The van der Waals surface area contributed by atoms with Crippen LogP contribution in [0.15, 0.2) is 36.8 Å². The van der Waals surface area contributed by atoms with Crippen molar-refractivity contribution in [3.05, 3.63) is 58.2 Å². The summed E-state index contributed by atoms with van der Waals surface area (Å²) in [6.07, 6.45) is 2.87. The number of carboxylic acids is 1. The van der Waals surface area contributed by atoms with E-state index in [0.29, 0.717) is 5.69 Å².